The molecule has 1 aliphatic carbocycles. The van der Waals surface area contributed by atoms with E-state index >= 15 is 0 Å². The fourth-order valence-electron chi connectivity index (χ4n) is 3.60. The summed E-state index contributed by atoms with van der Waals surface area (Å²) < 4.78 is 0. The zero-order chi connectivity index (χ0) is 18.5. The lowest BCUT2D eigenvalue weighted by atomic mass is 9.78. The van der Waals surface area contributed by atoms with E-state index in [0.29, 0.717) is 24.7 Å². The molecule has 1 fully saturated rings. The lowest BCUT2D eigenvalue weighted by molar-refractivity contribution is -0.117. The third-order valence-corrected chi connectivity index (χ3v) is 4.85. The Bertz CT molecular complexity index is 706. The lowest BCUT2D eigenvalue weighted by Crippen LogP contribution is -2.16. The first-order valence-electron chi connectivity index (χ1n) is 9.15. The first-order valence-corrected chi connectivity index (χ1v) is 9.15. The van der Waals surface area contributed by atoms with Gasteiger partial charge in [-0.05, 0) is 57.4 Å². The molecule has 0 aromatic carbocycles. The Balaban J connectivity index is 1.67. The maximum atomic E-state index is 11.2. The highest BCUT2D eigenvalue weighted by Crippen LogP contribution is 2.39. The Morgan fingerprint density at radius 1 is 0.808 bits per heavy atom. The minimum absolute atomic E-state index is 0.0941. The minimum atomic E-state index is 0.0941. The highest BCUT2D eigenvalue weighted by molar-refractivity contribution is 5.77. The van der Waals surface area contributed by atoms with Crippen LogP contribution >= 0.6 is 0 Å². The number of carbonyl (C=O) groups excluding carboxylic acids is 2. The number of hydrogen-bond donors (Lipinski definition) is 0. The van der Waals surface area contributed by atoms with Crippen molar-refractivity contribution in [1.82, 2.24) is 20.4 Å². The van der Waals surface area contributed by atoms with Crippen LogP contribution in [0.4, 0.5) is 0 Å². The fraction of sp³-hybridized carbons (Fsp3) is 0.500. The van der Waals surface area contributed by atoms with Crippen molar-refractivity contribution < 1.29 is 9.59 Å². The van der Waals surface area contributed by atoms with E-state index in [9.17, 15) is 9.59 Å². The van der Waals surface area contributed by atoms with E-state index in [-0.39, 0.29) is 11.6 Å². The number of ketones is 2. The van der Waals surface area contributed by atoms with Crippen LogP contribution in [0.3, 0.4) is 0 Å². The van der Waals surface area contributed by atoms with Gasteiger partial charge in [-0.25, -0.2) is 0 Å². The summed E-state index contributed by atoms with van der Waals surface area (Å²) in [5, 5.41) is 17.1. The molecule has 26 heavy (non-hydrogen) atoms. The topological polar surface area (TPSA) is 85.7 Å². The monoisotopic (exact) mass is 352 g/mol. The van der Waals surface area contributed by atoms with Crippen molar-refractivity contribution in [1.29, 1.82) is 0 Å². The molecule has 3 rings (SSSR count). The number of hydrogen-bond acceptors (Lipinski definition) is 6. The largest absolute Gasteiger partial charge is 0.300 e. The van der Waals surface area contributed by atoms with Gasteiger partial charge in [0.15, 0.2) is 0 Å². The molecule has 2 aromatic heterocycles. The average Bonchev–Trinajstić information content (AvgIpc) is 2.62. The summed E-state index contributed by atoms with van der Waals surface area (Å²) >= 11 is 0. The minimum Gasteiger partial charge on any atom is -0.300 e. The predicted molar refractivity (Wildman–Crippen MR) is 96.8 cm³/mol. The van der Waals surface area contributed by atoms with Gasteiger partial charge in [0, 0.05) is 11.8 Å². The summed E-state index contributed by atoms with van der Waals surface area (Å²) in [5.74, 6) is 0.894. The summed E-state index contributed by atoms with van der Waals surface area (Å²) in [5.41, 5.74) is 3.42. The van der Waals surface area contributed by atoms with E-state index < -0.39 is 0 Å². The van der Waals surface area contributed by atoms with Crippen LogP contribution in [0, 0.1) is 0 Å². The number of aromatic nitrogens is 4. The van der Waals surface area contributed by atoms with Crippen molar-refractivity contribution in [3.8, 4) is 0 Å². The summed E-state index contributed by atoms with van der Waals surface area (Å²) in [6, 6.07) is 7.81. The Labute approximate surface area is 153 Å². The second kappa shape index (κ2) is 8.25. The van der Waals surface area contributed by atoms with Gasteiger partial charge in [-0.15, -0.1) is 0 Å². The van der Waals surface area contributed by atoms with Crippen molar-refractivity contribution in [2.45, 2.75) is 64.2 Å². The SMILES string of the molecule is CC(=O)Cc1ccc([C@@H]2CCC[C@@H](c3ccc(CC(C)=O)nn3)C2)nn1. The van der Waals surface area contributed by atoms with Gasteiger partial charge in [0.1, 0.15) is 11.6 Å². The maximum Gasteiger partial charge on any atom is 0.135 e. The number of Topliss-reactive ketones (excluding diaryl/α,β-unsaturated/α-hetero) is 2. The predicted octanol–water partition coefficient (Wildman–Crippen LogP) is 2.97. The molecule has 2 heterocycles. The molecule has 6 nitrogen and oxygen atoms in total. The third-order valence-electron chi connectivity index (χ3n) is 4.85. The van der Waals surface area contributed by atoms with Crippen molar-refractivity contribution >= 4 is 11.6 Å². The van der Waals surface area contributed by atoms with Crippen LogP contribution in [0.2, 0.25) is 0 Å². The molecular weight excluding hydrogens is 328 g/mol. The first-order chi connectivity index (χ1) is 12.5. The van der Waals surface area contributed by atoms with E-state index in [1.165, 1.54) is 0 Å². The molecule has 136 valence electrons. The normalized spacial score (nSPS) is 19.9. The molecule has 0 N–H and O–H groups in total. The molecule has 2 aromatic rings. The second-order valence-corrected chi connectivity index (χ2v) is 7.22. The van der Waals surface area contributed by atoms with Gasteiger partial charge in [0.2, 0.25) is 0 Å². The molecule has 1 saturated carbocycles. The molecule has 1 aliphatic rings. The van der Waals surface area contributed by atoms with E-state index in [0.717, 1.165) is 48.5 Å². The Kier molecular flexibility index (Phi) is 5.81. The second-order valence-electron chi connectivity index (χ2n) is 7.22. The van der Waals surface area contributed by atoms with Crippen LogP contribution in [0.25, 0.3) is 0 Å². The summed E-state index contributed by atoms with van der Waals surface area (Å²) in [7, 11) is 0. The smallest absolute Gasteiger partial charge is 0.135 e. The Morgan fingerprint density at radius 3 is 1.62 bits per heavy atom. The van der Waals surface area contributed by atoms with Gasteiger partial charge in [-0.1, -0.05) is 6.42 Å². The molecule has 0 unspecified atom stereocenters. The summed E-state index contributed by atoms with van der Waals surface area (Å²) in [6.07, 6.45) is 4.94. The maximum absolute atomic E-state index is 11.2. The highest BCUT2D eigenvalue weighted by Gasteiger charge is 2.26. The summed E-state index contributed by atoms with van der Waals surface area (Å²) in [4.78, 5) is 22.4. The quantitative estimate of drug-likeness (QED) is 0.794. The third kappa shape index (κ3) is 4.77. The van der Waals surface area contributed by atoms with Gasteiger partial charge < -0.3 is 0 Å². The average molecular weight is 352 g/mol. The van der Waals surface area contributed by atoms with Gasteiger partial charge in [-0.3, -0.25) is 9.59 Å². The van der Waals surface area contributed by atoms with Gasteiger partial charge in [0.05, 0.1) is 35.6 Å². The molecule has 0 spiro atoms. The van der Waals surface area contributed by atoms with Crippen molar-refractivity contribution in [2.24, 2.45) is 0 Å². The molecule has 0 bridgehead atoms. The van der Waals surface area contributed by atoms with Crippen LogP contribution in [-0.4, -0.2) is 32.0 Å². The van der Waals surface area contributed by atoms with E-state index in [2.05, 4.69) is 20.4 Å². The van der Waals surface area contributed by atoms with Crippen molar-refractivity contribution in [3.05, 3.63) is 47.0 Å². The van der Waals surface area contributed by atoms with Crippen molar-refractivity contribution in [2.75, 3.05) is 0 Å². The van der Waals surface area contributed by atoms with Gasteiger partial charge >= 0.3 is 0 Å². The summed E-state index contributed by atoms with van der Waals surface area (Å²) in [6.45, 7) is 3.12. The molecular formula is C20H24N4O2. The van der Waals surface area contributed by atoms with Crippen LogP contribution in [-0.2, 0) is 22.4 Å². The fourth-order valence-corrected chi connectivity index (χ4v) is 3.60. The molecule has 2 atom stereocenters. The van der Waals surface area contributed by atoms with E-state index in [1.54, 1.807) is 13.8 Å². The Morgan fingerprint density at radius 2 is 1.27 bits per heavy atom. The van der Waals surface area contributed by atoms with E-state index in [4.69, 9.17) is 0 Å². The zero-order valence-corrected chi connectivity index (χ0v) is 15.3. The van der Waals surface area contributed by atoms with Crippen LogP contribution in [0.5, 0.6) is 0 Å². The molecule has 0 amide bonds. The number of nitrogens with zero attached hydrogens (tertiary/aromatic N) is 4. The molecule has 0 aliphatic heterocycles. The number of rotatable bonds is 6. The molecule has 6 heteroatoms. The van der Waals surface area contributed by atoms with Crippen LogP contribution in [0.1, 0.15) is 74.1 Å². The van der Waals surface area contributed by atoms with Gasteiger partial charge in [0.25, 0.3) is 0 Å². The van der Waals surface area contributed by atoms with Crippen LogP contribution < -0.4 is 0 Å². The molecule has 0 saturated heterocycles. The lowest BCUT2D eigenvalue weighted by Gasteiger charge is -2.28. The number of carbonyl (C=O) groups is 2. The highest BCUT2D eigenvalue weighted by atomic mass is 16.1. The first kappa shape index (κ1) is 18.3. The van der Waals surface area contributed by atoms with E-state index in [1.807, 2.05) is 24.3 Å². The molecule has 0 radical (unpaired) electrons. The van der Waals surface area contributed by atoms with Gasteiger partial charge in [-0.2, -0.15) is 20.4 Å². The zero-order valence-electron chi connectivity index (χ0n) is 15.3. The standard InChI is InChI=1S/C20H24N4O2/c1-13(25)10-17-6-8-19(23-21-17)15-4-3-5-16(12-15)20-9-7-18(22-24-20)11-14(2)26/h6-9,15-16H,3-5,10-12H2,1-2H3/t15-,16-/m1/s1. The van der Waals surface area contributed by atoms with Crippen molar-refractivity contribution in [3.63, 3.8) is 0 Å². The van der Waals surface area contributed by atoms with Crippen LogP contribution in [0.15, 0.2) is 24.3 Å². The Hall–Kier alpha value is -2.50.